The lowest BCUT2D eigenvalue weighted by Gasteiger charge is -2.33. The van der Waals surface area contributed by atoms with Crippen LogP contribution in [0, 0.1) is 0 Å². The minimum Gasteiger partial charge on any atom is -0.444 e. The minimum atomic E-state index is -0.461. The molecule has 0 atom stereocenters. The minimum absolute atomic E-state index is 0.227. The molecule has 26 heavy (non-hydrogen) atoms. The highest BCUT2D eigenvalue weighted by Crippen LogP contribution is 2.33. The van der Waals surface area contributed by atoms with E-state index < -0.39 is 5.60 Å². The molecular weight excluding hydrogens is 328 g/mol. The second-order valence-corrected chi connectivity index (χ2v) is 7.72. The molecule has 0 spiro atoms. The van der Waals surface area contributed by atoms with Crippen molar-refractivity contribution in [2.75, 3.05) is 18.8 Å². The first kappa shape index (κ1) is 18.2. The van der Waals surface area contributed by atoms with Crippen LogP contribution in [0.5, 0.6) is 0 Å². The number of carbonyl (C=O) groups excluding carboxylic acids is 1. The fourth-order valence-corrected chi connectivity index (χ4v) is 3.24. The molecule has 0 radical (unpaired) electrons. The molecule has 1 saturated heterocycles. The van der Waals surface area contributed by atoms with Gasteiger partial charge in [-0.05, 0) is 57.2 Å². The summed E-state index contributed by atoms with van der Waals surface area (Å²) in [5.41, 5.74) is 9.51. The Hall–Kier alpha value is -2.63. The van der Waals surface area contributed by atoms with Gasteiger partial charge in [0, 0.05) is 42.3 Å². The Bertz CT molecular complexity index is 763. The number of benzene rings is 1. The molecule has 1 aliphatic heterocycles. The maximum absolute atomic E-state index is 12.2. The van der Waals surface area contributed by atoms with Crippen LogP contribution in [-0.4, -0.2) is 39.7 Å². The molecule has 2 heterocycles. The van der Waals surface area contributed by atoms with Gasteiger partial charge in [0.25, 0.3) is 0 Å². The molecule has 6 nitrogen and oxygen atoms in total. The maximum atomic E-state index is 12.2. The van der Waals surface area contributed by atoms with Crippen LogP contribution in [0.15, 0.2) is 36.9 Å². The smallest absolute Gasteiger partial charge is 0.410 e. The summed E-state index contributed by atoms with van der Waals surface area (Å²) in [7, 11) is 0. The van der Waals surface area contributed by atoms with Crippen LogP contribution >= 0.6 is 0 Å². The van der Waals surface area contributed by atoms with E-state index in [4.69, 9.17) is 10.5 Å². The number of anilines is 1. The Balaban J connectivity index is 1.69. The molecule has 0 aliphatic carbocycles. The largest absolute Gasteiger partial charge is 0.444 e. The SMILES string of the molecule is CC(C)(C)OC(=O)N1CCC(c2ccc(N)c(-c3cncnc3)c2)CC1. The van der Waals surface area contributed by atoms with Crippen LogP contribution < -0.4 is 5.73 Å². The number of piperidine rings is 1. The molecule has 1 fully saturated rings. The van der Waals surface area contributed by atoms with Crippen molar-refractivity contribution in [1.29, 1.82) is 0 Å². The van der Waals surface area contributed by atoms with Crippen molar-refractivity contribution in [2.45, 2.75) is 45.1 Å². The summed E-state index contributed by atoms with van der Waals surface area (Å²) in [5.74, 6) is 0.401. The van der Waals surface area contributed by atoms with Crippen LogP contribution in [0.1, 0.15) is 45.1 Å². The number of hydrogen-bond donors (Lipinski definition) is 1. The molecule has 138 valence electrons. The average Bonchev–Trinajstić information content (AvgIpc) is 2.61. The molecule has 1 aromatic carbocycles. The lowest BCUT2D eigenvalue weighted by molar-refractivity contribution is 0.0205. The van der Waals surface area contributed by atoms with Crippen molar-refractivity contribution in [3.05, 3.63) is 42.5 Å². The van der Waals surface area contributed by atoms with Gasteiger partial charge in [0.15, 0.2) is 0 Å². The van der Waals surface area contributed by atoms with Gasteiger partial charge in [-0.25, -0.2) is 14.8 Å². The van der Waals surface area contributed by atoms with E-state index in [-0.39, 0.29) is 6.09 Å². The third-order valence-electron chi connectivity index (χ3n) is 4.57. The average molecular weight is 354 g/mol. The first-order valence-corrected chi connectivity index (χ1v) is 8.96. The zero-order valence-electron chi connectivity index (χ0n) is 15.6. The van der Waals surface area contributed by atoms with Crippen molar-refractivity contribution >= 4 is 11.8 Å². The lowest BCUT2D eigenvalue weighted by Crippen LogP contribution is -2.41. The standard InChI is InChI=1S/C20H26N4O2/c1-20(2,3)26-19(25)24-8-6-14(7-9-24)15-4-5-18(21)17(10-15)16-11-22-13-23-12-16/h4-5,10-14H,6-9,21H2,1-3H3. The first-order valence-electron chi connectivity index (χ1n) is 8.96. The molecule has 2 N–H and O–H groups in total. The van der Waals surface area contributed by atoms with E-state index in [1.165, 1.54) is 11.9 Å². The molecule has 0 unspecified atom stereocenters. The molecule has 2 aromatic rings. The summed E-state index contributed by atoms with van der Waals surface area (Å²) in [5, 5.41) is 0. The van der Waals surface area contributed by atoms with Crippen molar-refractivity contribution in [3.8, 4) is 11.1 Å². The number of hydrogen-bond acceptors (Lipinski definition) is 5. The van der Waals surface area contributed by atoms with Crippen LogP contribution in [0.4, 0.5) is 10.5 Å². The van der Waals surface area contributed by atoms with E-state index in [0.29, 0.717) is 19.0 Å². The van der Waals surface area contributed by atoms with Gasteiger partial charge in [-0.3, -0.25) is 0 Å². The van der Waals surface area contributed by atoms with E-state index in [0.717, 1.165) is 29.7 Å². The van der Waals surface area contributed by atoms with Gasteiger partial charge in [-0.15, -0.1) is 0 Å². The number of amides is 1. The first-order chi connectivity index (χ1) is 12.3. The highest BCUT2D eigenvalue weighted by molar-refractivity contribution is 5.76. The number of rotatable bonds is 2. The molecule has 3 rings (SSSR count). The summed E-state index contributed by atoms with van der Waals surface area (Å²) in [6, 6.07) is 6.15. The molecule has 0 saturated carbocycles. The monoisotopic (exact) mass is 354 g/mol. The Morgan fingerprint density at radius 3 is 2.46 bits per heavy atom. The Labute approximate surface area is 154 Å². The normalized spacial score (nSPS) is 15.7. The van der Waals surface area contributed by atoms with Gasteiger partial charge in [-0.1, -0.05) is 6.07 Å². The Morgan fingerprint density at radius 1 is 1.19 bits per heavy atom. The van der Waals surface area contributed by atoms with Crippen LogP contribution in [-0.2, 0) is 4.74 Å². The fourth-order valence-electron chi connectivity index (χ4n) is 3.24. The number of nitrogens with zero attached hydrogens (tertiary/aromatic N) is 3. The summed E-state index contributed by atoms with van der Waals surface area (Å²) < 4.78 is 5.47. The summed E-state index contributed by atoms with van der Waals surface area (Å²) in [4.78, 5) is 22.2. The second-order valence-electron chi connectivity index (χ2n) is 7.72. The zero-order valence-corrected chi connectivity index (χ0v) is 15.6. The van der Waals surface area contributed by atoms with E-state index >= 15 is 0 Å². The van der Waals surface area contributed by atoms with Crippen molar-refractivity contribution in [3.63, 3.8) is 0 Å². The van der Waals surface area contributed by atoms with Gasteiger partial charge < -0.3 is 15.4 Å². The number of likely N-dealkylation sites (tertiary alicyclic amines) is 1. The molecule has 0 bridgehead atoms. The highest BCUT2D eigenvalue weighted by Gasteiger charge is 2.27. The third-order valence-corrected chi connectivity index (χ3v) is 4.57. The fraction of sp³-hybridized carbons (Fsp3) is 0.450. The van der Waals surface area contributed by atoms with Gasteiger partial charge in [0.05, 0.1) is 0 Å². The molecule has 1 aliphatic rings. The number of ether oxygens (including phenoxy) is 1. The quantitative estimate of drug-likeness (QED) is 0.829. The topological polar surface area (TPSA) is 81.3 Å². The predicted octanol–water partition coefficient (Wildman–Crippen LogP) is 3.84. The van der Waals surface area contributed by atoms with Crippen molar-refractivity contribution in [2.24, 2.45) is 0 Å². The highest BCUT2D eigenvalue weighted by atomic mass is 16.6. The lowest BCUT2D eigenvalue weighted by atomic mass is 9.87. The molecule has 1 amide bonds. The molecular formula is C20H26N4O2. The van der Waals surface area contributed by atoms with Crippen LogP contribution in [0.2, 0.25) is 0 Å². The predicted molar refractivity (Wildman–Crippen MR) is 102 cm³/mol. The van der Waals surface area contributed by atoms with E-state index in [2.05, 4.69) is 22.1 Å². The third kappa shape index (κ3) is 4.31. The van der Waals surface area contributed by atoms with Crippen LogP contribution in [0.3, 0.4) is 0 Å². The van der Waals surface area contributed by atoms with Crippen molar-refractivity contribution < 1.29 is 9.53 Å². The maximum Gasteiger partial charge on any atom is 0.410 e. The summed E-state index contributed by atoms with van der Waals surface area (Å²) in [6.07, 6.45) is 6.65. The second kappa shape index (κ2) is 7.32. The van der Waals surface area contributed by atoms with Crippen molar-refractivity contribution in [1.82, 2.24) is 14.9 Å². The number of nitrogen functional groups attached to an aromatic ring is 1. The molecule has 6 heteroatoms. The van der Waals surface area contributed by atoms with Gasteiger partial charge >= 0.3 is 6.09 Å². The van der Waals surface area contributed by atoms with E-state index in [1.807, 2.05) is 26.8 Å². The molecule has 1 aromatic heterocycles. The van der Waals surface area contributed by atoms with Gasteiger partial charge in [0.2, 0.25) is 0 Å². The van der Waals surface area contributed by atoms with Gasteiger partial charge in [-0.2, -0.15) is 0 Å². The Morgan fingerprint density at radius 2 is 1.85 bits per heavy atom. The summed E-state index contributed by atoms with van der Waals surface area (Å²) >= 11 is 0. The van der Waals surface area contributed by atoms with E-state index in [1.54, 1.807) is 17.3 Å². The number of nitrogens with two attached hydrogens (primary N) is 1. The van der Waals surface area contributed by atoms with Gasteiger partial charge in [0.1, 0.15) is 11.9 Å². The zero-order chi connectivity index (χ0) is 18.7. The van der Waals surface area contributed by atoms with Crippen LogP contribution in [0.25, 0.3) is 11.1 Å². The van der Waals surface area contributed by atoms with E-state index in [9.17, 15) is 4.79 Å². The number of aromatic nitrogens is 2. The summed E-state index contributed by atoms with van der Waals surface area (Å²) in [6.45, 7) is 7.07. The number of carbonyl (C=O) groups is 1. The Kier molecular flexibility index (Phi) is 5.11.